The van der Waals surface area contributed by atoms with Crippen LogP contribution in [0.25, 0.3) is 0 Å². The van der Waals surface area contributed by atoms with Gasteiger partial charge in [0.1, 0.15) is 0 Å². The van der Waals surface area contributed by atoms with E-state index in [2.05, 4.69) is 32.6 Å². The second-order valence-electron chi connectivity index (χ2n) is 7.24. The molecule has 2 aliphatic rings. The van der Waals surface area contributed by atoms with Gasteiger partial charge in [-0.1, -0.05) is 27.7 Å². The van der Waals surface area contributed by atoms with E-state index in [4.69, 9.17) is 5.73 Å². The van der Waals surface area contributed by atoms with Gasteiger partial charge in [0.05, 0.1) is 0 Å². The third-order valence-electron chi connectivity index (χ3n) is 4.87. The van der Waals surface area contributed by atoms with Crippen molar-refractivity contribution in [1.29, 1.82) is 0 Å². The number of hydrogen-bond acceptors (Lipinski definition) is 2. The maximum atomic E-state index is 6.02. The van der Waals surface area contributed by atoms with E-state index >= 15 is 0 Å². The van der Waals surface area contributed by atoms with Gasteiger partial charge in [0.2, 0.25) is 0 Å². The van der Waals surface area contributed by atoms with Crippen molar-refractivity contribution in [3.05, 3.63) is 0 Å². The Balaban J connectivity index is 1.83. The van der Waals surface area contributed by atoms with Crippen molar-refractivity contribution in [2.24, 2.45) is 28.9 Å². The van der Waals surface area contributed by atoms with E-state index in [0.29, 0.717) is 11.5 Å². The van der Waals surface area contributed by atoms with Crippen LogP contribution >= 0.6 is 0 Å². The Kier molecular flexibility index (Phi) is 3.33. The molecule has 1 saturated carbocycles. The number of rotatable bonds is 2. The topological polar surface area (TPSA) is 29.3 Å². The predicted molar refractivity (Wildman–Crippen MR) is 69.2 cm³/mol. The molecule has 0 radical (unpaired) electrons. The zero-order chi connectivity index (χ0) is 11.9. The van der Waals surface area contributed by atoms with Crippen molar-refractivity contribution in [2.45, 2.75) is 46.6 Å². The Morgan fingerprint density at radius 2 is 1.69 bits per heavy atom. The molecule has 1 aliphatic carbocycles. The maximum absolute atomic E-state index is 6.02. The predicted octanol–water partition coefficient (Wildman–Crippen LogP) is 2.34. The standard InChI is InChI=1S/C14H28N2/c1-10(14(2,3)4)7-16-8-11-5-13(15)6-12(11)9-16/h10-13H,5-9,15H2,1-4H3/t10?,11-,12+,13?. The summed E-state index contributed by atoms with van der Waals surface area (Å²) < 4.78 is 0. The number of nitrogens with two attached hydrogens (primary N) is 1. The highest BCUT2D eigenvalue weighted by Gasteiger charge is 2.40. The molecule has 0 spiro atoms. The number of nitrogens with zero attached hydrogens (tertiary/aromatic N) is 1. The largest absolute Gasteiger partial charge is 0.328 e. The Labute approximate surface area is 101 Å². The minimum atomic E-state index is 0.439. The lowest BCUT2D eigenvalue weighted by Crippen LogP contribution is -2.34. The van der Waals surface area contributed by atoms with Gasteiger partial charge in [-0.25, -0.2) is 0 Å². The SMILES string of the molecule is CC(CN1C[C@H]2CC(N)C[C@H]2C1)C(C)(C)C. The fraction of sp³-hybridized carbons (Fsp3) is 1.00. The van der Waals surface area contributed by atoms with Crippen LogP contribution in [0.4, 0.5) is 0 Å². The molecular formula is C14H28N2. The minimum absolute atomic E-state index is 0.439. The van der Waals surface area contributed by atoms with Gasteiger partial charge in [0.25, 0.3) is 0 Å². The normalized spacial score (nSPS) is 37.7. The zero-order valence-corrected chi connectivity index (χ0v) is 11.4. The third kappa shape index (κ3) is 2.60. The first-order valence-electron chi connectivity index (χ1n) is 6.84. The van der Waals surface area contributed by atoms with Crippen LogP contribution in [0.1, 0.15) is 40.5 Å². The minimum Gasteiger partial charge on any atom is -0.328 e. The van der Waals surface area contributed by atoms with E-state index < -0.39 is 0 Å². The summed E-state index contributed by atoms with van der Waals surface area (Å²) in [7, 11) is 0. The first-order valence-corrected chi connectivity index (χ1v) is 6.84. The molecule has 0 bridgehead atoms. The lowest BCUT2D eigenvalue weighted by molar-refractivity contribution is 0.174. The van der Waals surface area contributed by atoms with Gasteiger partial charge in [0.15, 0.2) is 0 Å². The molecule has 1 aliphatic heterocycles. The van der Waals surface area contributed by atoms with Gasteiger partial charge < -0.3 is 10.6 Å². The molecule has 2 unspecified atom stereocenters. The summed E-state index contributed by atoms with van der Waals surface area (Å²) in [6.07, 6.45) is 2.54. The lowest BCUT2D eigenvalue weighted by atomic mass is 9.82. The first kappa shape index (κ1) is 12.4. The summed E-state index contributed by atoms with van der Waals surface area (Å²) in [6, 6.07) is 0.497. The highest BCUT2D eigenvalue weighted by Crippen LogP contribution is 2.38. The number of hydrogen-bond donors (Lipinski definition) is 1. The average Bonchev–Trinajstić information content (AvgIpc) is 2.58. The average molecular weight is 224 g/mol. The maximum Gasteiger partial charge on any atom is 0.00452 e. The van der Waals surface area contributed by atoms with E-state index in [0.717, 1.165) is 17.8 Å². The summed E-state index contributed by atoms with van der Waals surface area (Å²) in [5.74, 6) is 2.59. The quantitative estimate of drug-likeness (QED) is 0.780. The van der Waals surface area contributed by atoms with Crippen LogP contribution in [0.2, 0.25) is 0 Å². The molecule has 2 N–H and O–H groups in total. The zero-order valence-electron chi connectivity index (χ0n) is 11.4. The monoisotopic (exact) mass is 224 g/mol. The van der Waals surface area contributed by atoms with Gasteiger partial charge in [0, 0.05) is 25.7 Å². The molecule has 0 aromatic carbocycles. The molecule has 1 heterocycles. The van der Waals surface area contributed by atoms with E-state index in [1.54, 1.807) is 0 Å². The molecule has 0 aromatic rings. The Morgan fingerprint density at radius 3 is 2.12 bits per heavy atom. The van der Waals surface area contributed by atoms with Crippen LogP contribution in [0.5, 0.6) is 0 Å². The fourth-order valence-corrected chi connectivity index (χ4v) is 3.25. The summed E-state index contributed by atoms with van der Waals surface area (Å²) in [5.41, 5.74) is 6.46. The summed E-state index contributed by atoms with van der Waals surface area (Å²) in [6.45, 7) is 13.3. The van der Waals surface area contributed by atoms with Gasteiger partial charge in [-0.15, -0.1) is 0 Å². The van der Waals surface area contributed by atoms with Crippen LogP contribution in [0.3, 0.4) is 0 Å². The number of fused-ring (bicyclic) bond motifs is 1. The molecule has 94 valence electrons. The van der Waals surface area contributed by atoms with Crippen LogP contribution < -0.4 is 5.73 Å². The summed E-state index contributed by atoms with van der Waals surface area (Å²) in [5, 5.41) is 0. The van der Waals surface area contributed by atoms with Crippen molar-refractivity contribution in [3.8, 4) is 0 Å². The summed E-state index contributed by atoms with van der Waals surface area (Å²) in [4.78, 5) is 2.68. The van der Waals surface area contributed by atoms with Gasteiger partial charge >= 0.3 is 0 Å². The Hall–Kier alpha value is -0.0800. The van der Waals surface area contributed by atoms with Crippen molar-refractivity contribution < 1.29 is 0 Å². The Morgan fingerprint density at radius 1 is 1.19 bits per heavy atom. The molecule has 4 atom stereocenters. The molecule has 16 heavy (non-hydrogen) atoms. The van der Waals surface area contributed by atoms with Gasteiger partial charge in [-0.2, -0.15) is 0 Å². The second-order valence-corrected chi connectivity index (χ2v) is 7.24. The molecule has 0 amide bonds. The summed E-state index contributed by atoms with van der Waals surface area (Å²) >= 11 is 0. The number of likely N-dealkylation sites (tertiary alicyclic amines) is 1. The molecular weight excluding hydrogens is 196 g/mol. The van der Waals surface area contributed by atoms with Crippen molar-refractivity contribution in [1.82, 2.24) is 4.90 Å². The Bertz CT molecular complexity index is 230. The lowest BCUT2D eigenvalue weighted by Gasteiger charge is -2.31. The van der Waals surface area contributed by atoms with E-state index in [1.807, 2.05) is 0 Å². The van der Waals surface area contributed by atoms with Gasteiger partial charge in [-0.3, -0.25) is 0 Å². The highest BCUT2D eigenvalue weighted by molar-refractivity contribution is 4.94. The van der Waals surface area contributed by atoms with Gasteiger partial charge in [-0.05, 0) is 36.0 Å². The second kappa shape index (κ2) is 4.30. The smallest absolute Gasteiger partial charge is 0.00452 e. The molecule has 1 saturated heterocycles. The van der Waals surface area contributed by atoms with E-state index in [-0.39, 0.29) is 0 Å². The third-order valence-corrected chi connectivity index (χ3v) is 4.87. The molecule has 2 nitrogen and oxygen atoms in total. The first-order chi connectivity index (χ1) is 7.36. The van der Waals surface area contributed by atoms with Crippen LogP contribution in [-0.2, 0) is 0 Å². The molecule has 2 heteroatoms. The highest BCUT2D eigenvalue weighted by atomic mass is 15.2. The fourth-order valence-electron chi connectivity index (χ4n) is 3.25. The van der Waals surface area contributed by atoms with Crippen molar-refractivity contribution in [2.75, 3.05) is 19.6 Å². The van der Waals surface area contributed by atoms with Crippen LogP contribution in [0.15, 0.2) is 0 Å². The van der Waals surface area contributed by atoms with Crippen LogP contribution in [-0.4, -0.2) is 30.6 Å². The van der Waals surface area contributed by atoms with Crippen LogP contribution in [0, 0.1) is 23.2 Å². The van der Waals surface area contributed by atoms with Crippen molar-refractivity contribution >= 4 is 0 Å². The van der Waals surface area contributed by atoms with E-state index in [1.165, 1.54) is 32.5 Å². The molecule has 2 rings (SSSR count). The molecule has 0 aromatic heterocycles. The van der Waals surface area contributed by atoms with E-state index in [9.17, 15) is 0 Å². The molecule has 2 fully saturated rings. The van der Waals surface area contributed by atoms with Crippen molar-refractivity contribution in [3.63, 3.8) is 0 Å².